The van der Waals surface area contributed by atoms with Gasteiger partial charge in [0.05, 0.1) is 13.2 Å². The molecule has 1 saturated heterocycles. The van der Waals surface area contributed by atoms with Gasteiger partial charge in [0, 0.05) is 20.1 Å². The van der Waals surface area contributed by atoms with Gasteiger partial charge >= 0.3 is 0 Å². The second-order valence-electron chi connectivity index (χ2n) is 6.23. The molecular weight excluding hydrogens is 348 g/mol. The Bertz CT molecular complexity index is 1020. The molecule has 1 aromatic carbocycles. The zero-order valence-electron chi connectivity index (χ0n) is 15.0. The number of aryl methyl sites for hydroxylation is 1. The predicted octanol–water partition coefficient (Wildman–Crippen LogP) is 0.721. The van der Waals surface area contributed by atoms with Gasteiger partial charge in [-0.15, -0.1) is 0 Å². The van der Waals surface area contributed by atoms with Crippen molar-refractivity contribution in [2.75, 3.05) is 36.9 Å². The van der Waals surface area contributed by atoms with Gasteiger partial charge in [0.2, 0.25) is 11.8 Å². The van der Waals surface area contributed by atoms with E-state index in [1.807, 2.05) is 35.2 Å². The third-order valence-electron chi connectivity index (χ3n) is 4.41. The van der Waals surface area contributed by atoms with E-state index in [1.54, 1.807) is 7.05 Å². The Morgan fingerprint density at radius 2 is 1.89 bits per heavy atom. The molecule has 0 radical (unpaired) electrons. The minimum Gasteiger partial charge on any atom is -0.471 e. The van der Waals surface area contributed by atoms with Crippen LogP contribution in [0.15, 0.2) is 35.1 Å². The lowest BCUT2D eigenvalue weighted by molar-refractivity contribution is 0.122. The number of nitrogen functional groups attached to an aromatic ring is 1. The van der Waals surface area contributed by atoms with Crippen molar-refractivity contribution >= 4 is 22.9 Å². The molecule has 1 fully saturated rings. The van der Waals surface area contributed by atoms with Crippen molar-refractivity contribution in [1.82, 2.24) is 19.5 Å². The largest absolute Gasteiger partial charge is 0.471 e. The molecule has 2 aromatic heterocycles. The minimum absolute atomic E-state index is 0.0292. The summed E-state index contributed by atoms with van der Waals surface area (Å²) in [5, 5.41) is 0. The second-order valence-corrected chi connectivity index (χ2v) is 6.23. The number of aromatic nitrogens is 4. The smallest absolute Gasteiger partial charge is 0.294 e. The van der Waals surface area contributed by atoms with Crippen LogP contribution in [0.1, 0.15) is 5.56 Å². The average Bonchev–Trinajstić information content (AvgIpc) is 2.70. The number of fused-ring (bicyclic) bond motifs is 1. The molecule has 3 aromatic rings. The van der Waals surface area contributed by atoms with Crippen LogP contribution in [0, 0.1) is 0 Å². The van der Waals surface area contributed by atoms with Crippen molar-refractivity contribution in [2.45, 2.75) is 6.61 Å². The van der Waals surface area contributed by atoms with Crippen LogP contribution >= 0.6 is 0 Å². The van der Waals surface area contributed by atoms with Gasteiger partial charge in [-0.3, -0.25) is 9.36 Å². The van der Waals surface area contributed by atoms with Crippen LogP contribution in [0.2, 0.25) is 0 Å². The van der Waals surface area contributed by atoms with Gasteiger partial charge in [0.25, 0.3) is 5.56 Å². The summed E-state index contributed by atoms with van der Waals surface area (Å²) in [6, 6.07) is 9.71. The quantitative estimate of drug-likeness (QED) is 0.718. The summed E-state index contributed by atoms with van der Waals surface area (Å²) in [6.07, 6.45) is 0. The SMILES string of the molecule is Cn1c(=O)c(N2CCOCC2)nc2c(OCc3ccccc3)nc(N)nc21. The predicted molar refractivity (Wildman–Crippen MR) is 101 cm³/mol. The molecule has 0 amide bonds. The number of rotatable bonds is 4. The molecule has 140 valence electrons. The van der Waals surface area contributed by atoms with Crippen LogP contribution in [-0.4, -0.2) is 45.8 Å². The molecule has 9 nitrogen and oxygen atoms in total. The van der Waals surface area contributed by atoms with Crippen LogP contribution in [0.5, 0.6) is 5.88 Å². The van der Waals surface area contributed by atoms with Crippen molar-refractivity contribution in [1.29, 1.82) is 0 Å². The Balaban J connectivity index is 1.78. The lowest BCUT2D eigenvalue weighted by atomic mass is 10.2. The highest BCUT2D eigenvalue weighted by Gasteiger charge is 2.21. The number of hydrogen-bond donors (Lipinski definition) is 1. The summed E-state index contributed by atoms with van der Waals surface area (Å²) in [4.78, 5) is 27.6. The zero-order valence-corrected chi connectivity index (χ0v) is 15.0. The highest BCUT2D eigenvalue weighted by Crippen LogP contribution is 2.23. The van der Waals surface area contributed by atoms with E-state index in [2.05, 4.69) is 15.0 Å². The summed E-state index contributed by atoms with van der Waals surface area (Å²) in [5.41, 5.74) is 7.32. The number of hydrogen-bond acceptors (Lipinski definition) is 8. The summed E-state index contributed by atoms with van der Waals surface area (Å²) in [6.45, 7) is 2.62. The van der Waals surface area contributed by atoms with Crippen LogP contribution in [0.25, 0.3) is 11.2 Å². The number of morpholine rings is 1. The van der Waals surface area contributed by atoms with E-state index in [0.29, 0.717) is 49.9 Å². The molecule has 27 heavy (non-hydrogen) atoms. The first-order valence-electron chi connectivity index (χ1n) is 8.67. The molecule has 0 aliphatic carbocycles. The third-order valence-corrected chi connectivity index (χ3v) is 4.41. The van der Waals surface area contributed by atoms with Crippen LogP contribution in [0.4, 0.5) is 11.8 Å². The van der Waals surface area contributed by atoms with E-state index < -0.39 is 0 Å². The van der Waals surface area contributed by atoms with Crippen molar-refractivity contribution in [3.8, 4) is 5.88 Å². The molecule has 4 rings (SSSR count). The zero-order chi connectivity index (χ0) is 18.8. The highest BCUT2D eigenvalue weighted by molar-refractivity contribution is 5.78. The first-order valence-corrected chi connectivity index (χ1v) is 8.67. The lowest BCUT2D eigenvalue weighted by Crippen LogP contribution is -2.41. The summed E-state index contributed by atoms with van der Waals surface area (Å²) in [7, 11) is 1.64. The monoisotopic (exact) mass is 368 g/mol. The van der Waals surface area contributed by atoms with Gasteiger partial charge in [-0.05, 0) is 5.56 Å². The van der Waals surface area contributed by atoms with Gasteiger partial charge in [-0.1, -0.05) is 30.3 Å². The van der Waals surface area contributed by atoms with Crippen molar-refractivity contribution in [2.24, 2.45) is 7.05 Å². The van der Waals surface area contributed by atoms with E-state index in [4.69, 9.17) is 15.2 Å². The maximum atomic E-state index is 12.8. The Morgan fingerprint density at radius 3 is 2.63 bits per heavy atom. The van der Waals surface area contributed by atoms with Gasteiger partial charge in [-0.25, -0.2) is 4.98 Å². The van der Waals surface area contributed by atoms with Crippen LogP contribution in [0.3, 0.4) is 0 Å². The number of nitrogens with two attached hydrogens (primary N) is 1. The molecule has 0 spiro atoms. The summed E-state index contributed by atoms with van der Waals surface area (Å²) >= 11 is 0. The molecule has 3 heterocycles. The molecule has 0 atom stereocenters. The van der Waals surface area contributed by atoms with Gasteiger partial charge < -0.3 is 20.1 Å². The van der Waals surface area contributed by atoms with Crippen molar-refractivity contribution in [3.05, 3.63) is 46.2 Å². The first-order chi connectivity index (χ1) is 13.1. The fraction of sp³-hybridized carbons (Fsp3) is 0.333. The highest BCUT2D eigenvalue weighted by atomic mass is 16.5. The van der Waals surface area contributed by atoms with Crippen LogP contribution < -0.4 is 20.9 Å². The molecule has 2 N–H and O–H groups in total. The molecule has 0 bridgehead atoms. The topological polar surface area (TPSA) is 108 Å². The average molecular weight is 368 g/mol. The fourth-order valence-corrected chi connectivity index (χ4v) is 2.98. The van der Waals surface area contributed by atoms with E-state index >= 15 is 0 Å². The minimum atomic E-state index is -0.239. The molecule has 0 saturated carbocycles. The molecule has 1 aliphatic heterocycles. The Kier molecular flexibility index (Phi) is 4.59. The maximum absolute atomic E-state index is 12.8. The molecule has 0 unspecified atom stereocenters. The fourth-order valence-electron chi connectivity index (χ4n) is 2.98. The van der Waals surface area contributed by atoms with Gasteiger partial charge in [0.15, 0.2) is 17.0 Å². The van der Waals surface area contributed by atoms with Gasteiger partial charge in [-0.2, -0.15) is 9.97 Å². The van der Waals surface area contributed by atoms with E-state index in [-0.39, 0.29) is 17.4 Å². The molecular formula is C18H20N6O3. The standard InChI is InChI=1S/C18H20N6O3/c1-23-14-13(20-15(17(23)25)24-7-9-26-10-8-24)16(22-18(19)21-14)27-11-12-5-3-2-4-6-12/h2-6H,7-11H2,1H3,(H2,19,21,22). The number of benzene rings is 1. The van der Waals surface area contributed by atoms with E-state index in [9.17, 15) is 4.79 Å². The lowest BCUT2D eigenvalue weighted by Gasteiger charge is -2.27. The number of anilines is 2. The number of nitrogens with zero attached hydrogens (tertiary/aromatic N) is 5. The Morgan fingerprint density at radius 1 is 1.15 bits per heavy atom. The normalized spacial score (nSPS) is 14.5. The molecule has 9 heteroatoms. The first kappa shape index (κ1) is 17.2. The summed E-state index contributed by atoms with van der Waals surface area (Å²) < 4.78 is 12.7. The Labute approximate surface area is 155 Å². The van der Waals surface area contributed by atoms with E-state index in [0.717, 1.165) is 5.56 Å². The molecule has 1 aliphatic rings. The van der Waals surface area contributed by atoms with Crippen LogP contribution in [-0.2, 0) is 18.4 Å². The van der Waals surface area contributed by atoms with Gasteiger partial charge in [0.1, 0.15) is 6.61 Å². The van der Waals surface area contributed by atoms with E-state index in [1.165, 1.54) is 4.57 Å². The third kappa shape index (κ3) is 3.41. The van der Waals surface area contributed by atoms with Crippen molar-refractivity contribution in [3.63, 3.8) is 0 Å². The Hall–Kier alpha value is -3.20. The second kappa shape index (κ2) is 7.20. The maximum Gasteiger partial charge on any atom is 0.294 e. The summed E-state index contributed by atoms with van der Waals surface area (Å²) in [5.74, 6) is 0.624. The number of ether oxygens (including phenoxy) is 2. The van der Waals surface area contributed by atoms with Crippen molar-refractivity contribution < 1.29 is 9.47 Å².